The molecule has 0 atom stereocenters. The summed E-state index contributed by atoms with van der Waals surface area (Å²) in [4.78, 5) is 13.0. The summed E-state index contributed by atoms with van der Waals surface area (Å²) in [6.45, 7) is 4.62. The average molecular weight is 398 g/mol. The van der Waals surface area contributed by atoms with Gasteiger partial charge in [0.25, 0.3) is 5.91 Å². The van der Waals surface area contributed by atoms with E-state index < -0.39 is 10.0 Å². The van der Waals surface area contributed by atoms with Crippen LogP contribution in [0, 0.1) is 0 Å². The van der Waals surface area contributed by atoms with Gasteiger partial charge in [-0.1, -0.05) is 36.4 Å². The van der Waals surface area contributed by atoms with Gasteiger partial charge in [-0.2, -0.15) is 0 Å². The van der Waals surface area contributed by atoms with Crippen LogP contribution in [0.4, 0.5) is 0 Å². The van der Waals surface area contributed by atoms with Crippen molar-refractivity contribution in [2.45, 2.75) is 18.0 Å². The minimum absolute atomic E-state index is 0.192. The number of carbonyl (C=O) groups is 1. The number of amides is 1. The summed E-state index contributed by atoms with van der Waals surface area (Å²) in [6.07, 6.45) is 1.71. The minimum Gasteiger partial charge on any atom is -0.347 e. The van der Waals surface area contributed by atoms with Crippen molar-refractivity contribution < 1.29 is 13.2 Å². The highest BCUT2D eigenvalue weighted by Gasteiger charge is 2.20. The topological polar surface area (TPSA) is 71.4 Å². The molecule has 1 amide bonds. The number of nitrogens with zero attached hydrogens (tertiary/aromatic N) is 2. The Morgan fingerprint density at radius 3 is 2.50 bits per heavy atom. The van der Waals surface area contributed by atoms with Gasteiger partial charge in [-0.25, -0.2) is 12.7 Å². The second kappa shape index (κ2) is 8.00. The highest BCUT2D eigenvalue weighted by atomic mass is 32.2. The van der Waals surface area contributed by atoms with E-state index in [1.165, 1.54) is 18.4 Å². The van der Waals surface area contributed by atoms with Gasteiger partial charge in [0.2, 0.25) is 10.0 Å². The Kier molecular flexibility index (Phi) is 5.67. The van der Waals surface area contributed by atoms with E-state index in [1.54, 1.807) is 30.3 Å². The zero-order valence-electron chi connectivity index (χ0n) is 15.9. The van der Waals surface area contributed by atoms with Crippen LogP contribution in [0.25, 0.3) is 10.9 Å². The molecular formula is C21H23N3O3S. The number of rotatable bonds is 7. The molecule has 0 aliphatic carbocycles. The van der Waals surface area contributed by atoms with Crippen molar-refractivity contribution in [3.05, 3.63) is 78.5 Å². The molecule has 3 rings (SSSR count). The summed E-state index contributed by atoms with van der Waals surface area (Å²) in [5.41, 5.74) is 2.24. The monoisotopic (exact) mass is 397 g/mol. The average Bonchev–Trinajstić information content (AvgIpc) is 3.05. The Morgan fingerprint density at radius 1 is 1.14 bits per heavy atom. The normalized spacial score (nSPS) is 11.7. The number of hydrogen-bond acceptors (Lipinski definition) is 3. The van der Waals surface area contributed by atoms with Crippen LogP contribution >= 0.6 is 0 Å². The summed E-state index contributed by atoms with van der Waals surface area (Å²) >= 11 is 0. The number of hydrogen-bond donors (Lipinski definition) is 1. The Hall–Kier alpha value is -2.90. The highest BCUT2D eigenvalue weighted by Crippen LogP contribution is 2.25. The van der Waals surface area contributed by atoms with E-state index >= 15 is 0 Å². The van der Waals surface area contributed by atoms with E-state index in [9.17, 15) is 13.2 Å². The van der Waals surface area contributed by atoms with Gasteiger partial charge in [0.15, 0.2) is 0 Å². The summed E-state index contributed by atoms with van der Waals surface area (Å²) in [6, 6.07) is 16.2. The molecule has 6 nitrogen and oxygen atoms in total. The minimum atomic E-state index is -3.55. The lowest BCUT2D eigenvalue weighted by molar-refractivity contribution is 0.0942. The first-order valence-corrected chi connectivity index (χ1v) is 10.3. The predicted molar refractivity (Wildman–Crippen MR) is 111 cm³/mol. The summed E-state index contributed by atoms with van der Waals surface area (Å²) in [5.74, 6) is -0.223. The summed E-state index contributed by atoms with van der Waals surface area (Å²) in [5, 5.41) is 3.61. The van der Waals surface area contributed by atoms with Crippen molar-refractivity contribution in [1.29, 1.82) is 0 Å². The number of sulfonamides is 1. The van der Waals surface area contributed by atoms with E-state index in [1.807, 2.05) is 34.9 Å². The van der Waals surface area contributed by atoms with Gasteiger partial charge in [0.1, 0.15) is 5.69 Å². The molecule has 1 heterocycles. The van der Waals surface area contributed by atoms with Crippen LogP contribution in [0.1, 0.15) is 16.1 Å². The quantitative estimate of drug-likeness (QED) is 0.623. The van der Waals surface area contributed by atoms with Crippen molar-refractivity contribution in [2.75, 3.05) is 14.1 Å². The van der Waals surface area contributed by atoms with Gasteiger partial charge in [0, 0.05) is 38.1 Å². The van der Waals surface area contributed by atoms with Gasteiger partial charge in [-0.05, 0) is 29.8 Å². The number of carbonyl (C=O) groups excluding carboxylic acids is 1. The fraction of sp³-hybridized carbons (Fsp3) is 0.190. The van der Waals surface area contributed by atoms with Gasteiger partial charge >= 0.3 is 0 Å². The lowest BCUT2D eigenvalue weighted by atomic mass is 10.2. The molecule has 1 aromatic heterocycles. The summed E-state index contributed by atoms with van der Waals surface area (Å²) < 4.78 is 27.8. The molecule has 0 aliphatic rings. The maximum absolute atomic E-state index is 12.8. The lowest BCUT2D eigenvalue weighted by Gasteiger charge is -2.12. The van der Waals surface area contributed by atoms with E-state index in [4.69, 9.17) is 0 Å². The molecule has 2 aromatic carbocycles. The third-order valence-corrected chi connectivity index (χ3v) is 6.30. The van der Waals surface area contributed by atoms with Gasteiger partial charge in [0.05, 0.1) is 4.90 Å². The van der Waals surface area contributed by atoms with E-state index in [-0.39, 0.29) is 10.8 Å². The molecule has 28 heavy (non-hydrogen) atoms. The Morgan fingerprint density at radius 2 is 1.86 bits per heavy atom. The second-order valence-electron chi connectivity index (χ2n) is 6.61. The molecule has 0 saturated heterocycles. The fourth-order valence-corrected chi connectivity index (χ4v) is 3.94. The van der Waals surface area contributed by atoms with Crippen LogP contribution in [-0.2, 0) is 23.1 Å². The first-order chi connectivity index (χ1) is 13.3. The van der Waals surface area contributed by atoms with Gasteiger partial charge in [-0.3, -0.25) is 4.79 Å². The van der Waals surface area contributed by atoms with Crippen molar-refractivity contribution in [1.82, 2.24) is 14.2 Å². The van der Waals surface area contributed by atoms with E-state index in [2.05, 4.69) is 11.9 Å². The van der Waals surface area contributed by atoms with Crippen LogP contribution in [0.2, 0.25) is 0 Å². The lowest BCUT2D eigenvalue weighted by Crippen LogP contribution is -2.25. The van der Waals surface area contributed by atoms with Gasteiger partial charge in [-0.15, -0.1) is 6.58 Å². The zero-order valence-corrected chi connectivity index (χ0v) is 16.7. The maximum atomic E-state index is 12.8. The molecular weight excluding hydrogens is 374 g/mol. The van der Waals surface area contributed by atoms with Crippen molar-refractivity contribution in [3.8, 4) is 0 Å². The molecule has 0 unspecified atom stereocenters. The molecule has 1 N–H and O–H groups in total. The van der Waals surface area contributed by atoms with Crippen molar-refractivity contribution in [3.63, 3.8) is 0 Å². The second-order valence-corrected chi connectivity index (χ2v) is 8.76. The zero-order chi connectivity index (χ0) is 20.3. The first-order valence-electron chi connectivity index (χ1n) is 8.83. The highest BCUT2D eigenvalue weighted by molar-refractivity contribution is 7.89. The molecule has 0 bridgehead atoms. The number of fused-ring (bicyclic) bond motifs is 1. The first kappa shape index (κ1) is 19.9. The third-order valence-electron chi connectivity index (χ3n) is 4.49. The van der Waals surface area contributed by atoms with Crippen LogP contribution in [0.5, 0.6) is 0 Å². The standard InChI is InChI=1S/C21H23N3O3S/c1-4-12-24-19-11-10-18(28(26,27)23(2)3)13-17(19)14-20(24)21(25)22-15-16-8-6-5-7-9-16/h4-11,13-14H,1,12,15H2,2-3H3,(H,22,25). The Bertz CT molecular complexity index is 1120. The molecule has 0 aliphatic heterocycles. The maximum Gasteiger partial charge on any atom is 0.268 e. The van der Waals surface area contributed by atoms with Crippen molar-refractivity contribution in [2.24, 2.45) is 0 Å². The predicted octanol–water partition coefficient (Wildman–Crippen LogP) is 3.01. The van der Waals surface area contributed by atoms with Crippen LogP contribution < -0.4 is 5.32 Å². The van der Waals surface area contributed by atoms with Gasteiger partial charge < -0.3 is 9.88 Å². The molecule has 3 aromatic rings. The number of nitrogens with one attached hydrogen (secondary N) is 1. The number of allylic oxidation sites excluding steroid dienone is 1. The van der Waals surface area contributed by atoms with E-state index in [0.29, 0.717) is 24.2 Å². The number of aromatic nitrogens is 1. The van der Waals surface area contributed by atoms with Crippen LogP contribution in [0.15, 0.2) is 72.1 Å². The van der Waals surface area contributed by atoms with Crippen LogP contribution in [0.3, 0.4) is 0 Å². The smallest absolute Gasteiger partial charge is 0.268 e. The molecule has 0 saturated carbocycles. The molecule has 0 fully saturated rings. The molecule has 7 heteroatoms. The van der Waals surface area contributed by atoms with Crippen molar-refractivity contribution >= 4 is 26.8 Å². The number of benzene rings is 2. The fourth-order valence-electron chi connectivity index (χ4n) is 3.00. The van der Waals surface area contributed by atoms with Crippen LogP contribution in [-0.4, -0.2) is 37.3 Å². The van der Waals surface area contributed by atoms with E-state index in [0.717, 1.165) is 11.1 Å². The largest absolute Gasteiger partial charge is 0.347 e. The Balaban J connectivity index is 1.98. The SMILES string of the molecule is C=CCn1c(C(=O)NCc2ccccc2)cc2cc(S(=O)(=O)N(C)C)ccc21. The molecule has 0 radical (unpaired) electrons. The third kappa shape index (κ3) is 3.85. The molecule has 146 valence electrons. The Labute approximate surface area is 165 Å². The molecule has 0 spiro atoms. The summed E-state index contributed by atoms with van der Waals surface area (Å²) in [7, 11) is -0.565.